The molecule has 0 aliphatic heterocycles. The number of rotatable bonds is 7. The zero-order valence-electron chi connectivity index (χ0n) is 13.4. The van der Waals surface area contributed by atoms with Crippen molar-refractivity contribution in [1.29, 1.82) is 0 Å². The first kappa shape index (κ1) is 19.2. The third-order valence-electron chi connectivity index (χ3n) is 2.49. The molecule has 0 aliphatic rings. The molecule has 0 aromatic rings. The Balaban J connectivity index is 4.37. The summed E-state index contributed by atoms with van der Waals surface area (Å²) in [6, 6.07) is -0.718. The van der Waals surface area contributed by atoms with Crippen LogP contribution in [0.3, 0.4) is 0 Å². The Morgan fingerprint density at radius 1 is 1.19 bits per heavy atom. The average Bonchev–Trinajstić information content (AvgIpc) is 2.28. The fourth-order valence-electron chi connectivity index (χ4n) is 1.53. The smallest absolute Gasteiger partial charge is 0.408 e. The van der Waals surface area contributed by atoms with Gasteiger partial charge < -0.3 is 20.5 Å². The van der Waals surface area contributed by atoms with Crippen molar-refractivity contribution in [3.63, 3.8) is 0 Å². The number of carbonyl (C=O) groups excluding carboxylic acids is 2. The Labute approximate surface area is 125 Å². The Morgan fingerprint density at radius 2 is 1.76 bits per heavy atom. The van der Waals surface area contributed by atoms with Gasteiger partial charge >= 0.3 is 12.1 Å². The van der Waals surface area contributed by atoms with E-state index in [-0.39, 0.29) is 24.8 Å². The van der Waals surface area contributed by atoms with E-state index in [1.54, 1.807) is 34.6 Å². The minimum Gasteiger partial charge on any atom is -0.481 e. The van der Waals surface area contributed by atoms with Crippen molar-refractivity contribution in [3.8, 4) is 0 Å². The fraction of sp³-hybridized carbons (Fsp3) is 0.786. The lowest BCUT2D eigenvalue weighted by molar-refractivity contribution is -0.137. The second kappa shape index (κ2) is 8.49. The van der Waals surface area contributed by atoms with Crippen LogP contribution in [0, 0.1) is 5.92 Å². The number of carboxylic acid groups (broad SMARTS) is 1. The number of hydrogen-bond donors (Lipinski definition) is 3. The molecule has 0 radical (unpaired) electrons. The van der Waals surface area contributed by atoms with Crippen LogP contribution in [0.5, 0.6) is 0 Å². The van der Waals surface area contributed by atoms with E-state index in [2.05, 4.69) is 10.6 Å². The maximum atomic E-state index is 12.0. The van der Waals surface area contributed by atoms with Gasteiger partial charge in [0.05, 0.1) is 0 Å². The standard InChI is InChI=1S/C14H26N2O5/c1-9(2)11(16-13(20)21-14(3,4)5)12(19)15-8-6-7-10(17)18/h9,11H,6-8H2,1-5H3,(H,15,19)(H,16,20)(H,17,18)/t11-/m0/s1. The van der Waals surface area contributed by atoms with Crippen molar-refractivity contribution in [2.24, 2.45) is 5.92 Å². The van der Waals surface area contributed by atoms with E-state index in [9.17, 15) is 14.4 Å². The molecule has 7 nitrogen and oxygen atoms in total. The van der Waals surface area contributed by atoms with E-state index in [0.717, 1.165) is 0 Å². The van der Waals surface area contributed by atoms with Gasteiger partial charge in [-0.2, -0.15) is 0 Å². The average molecular weight is 302 g/mol. The molecule has 0 unspecified atom stereocenters. The molecule has 0 aromatic carbocycles. The van der Waals surface area contributed by atoms with Gasteiger partial charge in [0.1, 0.15) is 11.6 Å². The summed E-state index contributed by atoms with van der Waals surface area (Å²) in [6.45, 7) is 9.08. The predicted molar refractivity (Wildman–Crippen MR) is 77.9 cm³/mol. The third-order valence-corrected chi connectivity index (χ3v) is 2.49. The molecule has 0 saturated carbocycles. The maximum absolute atomic E-state index is 12.0. The number of alkyl carbamates (subject to hydrolysis) is 1. The first-order valence-electron chi connectivity index (χ1n) is 7.02. The molecule has 2 amide bonds. The molecule has 1 atom stereocenters. The van der Waals surface area contributed by atoms with Gasteiger partial charge in [-0.15, -0.1) is 0 Å². The molecule has 3 N–H and O–H groups in total. The van der Waals surface area contributed by atoms with E-state index in [4.69, 9.17) is 9.84 Å². The maximum Gasteiger partial charge on any atom is 0.408 e. The van der Waals surface area contributed by atoms with Gasteiger partial charge in [0.25, 0.3) is 0 Å². The van der Waals surface area contributed by atoms with Gasteiger partial charge in [-0.1, -0.05) is 13.8 Å². The number of amides is 2. The summed E-state index contributed by atoms with van der Waals surface area (Å²) in [5, 5.41) is 13.7. The number of hydrogen-bond acceptors (Lipinski definition) is 4. The monoisotopic (exact) mass is 302 g/mol. The van der Waals surface area contributed by atoms with E-state index >= 15 is 0 Å². The van der Waals surface area contributed by atoms with Crippen LogP contribution in [-0.4, -0.2) is 41.3 Å². The van der Waals surface area contributed by atoms with Crippen molar-refractivity contribution in [2.45, 2.75) is 59.1 Å². The summed E-state index contributed by atoms with van der Waals surface area (Å²) in [5.74, 6) is -1.37. The zero-order valence-corrected chi connectivity index (χ0v) is 13.4. The van der Waals surface area contributed by atoms with Crippen molar-refractivity contribution in [3.05, 3.63) is 0 Å². The number of ether oxygens (including phenoxy) is 1. The van der Waals surface area contributed by atoms with Crippen LogP contribution in [0.1, 0.15) is 47.5 Å². The highest BCUT2D eigenvalue weighted by atomic mass is 16.6. The zero-order chi connectivity index (χ0) is 16.6. The number of nitrogens with one attached hydrogen (secondary N) is 2. The fourth-order valence-corrected chi connectivity index (χ4v) is 1.53. The minimum absolute atomic E-state index is 0.00782. The van der Waals surface area contributed by atoms with Crippen LogP contribution in [-0.2, 0) is 14.3 Å². The van der Waals surface area contributed by atoms with Gasteiger partial charge in [0.2, 0.25) is 5.91 Å². The molecule has 122 valence electrons. The lowest BCUT2D eigenvalue weighted by Crippen LogP contribution is -2.51. The summed E-state index contributed by atoms with van der Waals surface area (Å²) in [6.07, 6.45) is -0.313. The van der Waals surface area contributed by atoms with Crippen LogP contribution in [0.4, 0.5) is 4.79 Å². The van der Waals surface area contributed by atoms with Crippen LogP contribution in [0.25, 0.3) is 0 Å². The van der Waals surface area contributed by atoms with Crippen LogP contribution in [0.2, 0.25) is 0 Å². The topological polar surface area (TPSA) is 105 Å². The molecule has 7 heteroatoms. The van der Waals surface area contributed by atoms with E-state index in [1.165, 1.54) is 0 Å². The first-order valence-corrected chi connectivity index (χ1v) is 7.02. The molecule has 0 rings (SSSR count). The van der Waals surface area contributed by atoms with Crippen molar-refractivity contribution < 1.29 is 24.2 Å². The molecular formula is C14H26N2O5. The largest absolute Gasteiger partial charge is 0.481 e. The molecule has 0 saturated heterocycles. The van der Waals surface area contributed by atoms with E-state index < -0.39 is 23.7 Å². The van der Waals surface area contributed by atoms with Gasteiger partial charge in [-0.25, -0.2) is 4.79 Å². The summed E-state index contributed by atoms with van der Waals surface area (Å²) < 4.78 is 5.12. The second-order valence-electron chi connectivity index (χ2n) is 6.16. The Morgan fingerprint density at radius 3 is 2.19 bits per heavy atom. The Hall–Kier alpha value is -1.79. The molecular weight excluding hydrogens is 276 g/mol. The third kappa shape index (κ3) is 9.70. The highest BCUT2D eigenvalue weighted by molar-refractivity contribution is 5.85. The summed E-state index contributed by atoms with van der Waals surface area (Å²) >= 11 is 0. The summed E-state index contributed by atoms with van der Waals surface area (Å²) in [4.78, 5) is 34.1. The lowest BCUT2D eigenvalue weighted by atomic mass is 10.0. The Bertz CT molecular complexity index is 374. The van der Waals surface area contributed by atoms with Crippen molar-refractivity contribution in [1.82, 2.24) is 10.6 Å². The van der Waals surface area contributed by atoms with E-state index in [0.29, 0.717) is 6.42 Å². The molecule has 0 aliphatic carbocycles. The minimum atomic E-state index is -0.906. The Kier molecular flexibility index (Phi) is 7.76. The normalized spacial score (nSPS) is 12.7. The second-order valence-corrected chi connectivity index (χ2v) is 6.16. The molecule has 0 bridgehead atoms. The molecule has 0 fully saturated rings. The number of aliphatic carboxylic acids is 1. The van der Waals surface area contributed by atoms with Crippen molar-refractivity contribution >= 4 is 18.0 Å². The highest BCUT2D eigenvalue weighted by Crippen LogP contribution is 2.08. The summed E-state index contributed by atoms with van der Waals surface area (Å²) in [7, 11) is 0. The number of carboxylic acids is 1. The van der Waals surface area contributed by atoms with Crippen molar-refractivity contribution in [2.75, 3.05) is 6.54 Å². The van der Waals surface area contributed by atoms with Gasteiger partial charge in [-0.3, -0.25) is 9.59 Å². The molecule has 0 aromatic heterocycles. The van der Waals surface area contributed by atoms with Crippen LogP contribution < -0.4 is 10.6 Å². The lowest BCUT2D eigenvalue weighted by Gasteiger charge is -2.25. The van der Waals surface area contributed by atoms with Crippen LogP contribution in [0.15, 0.2) is 0 Å². The molecule has 0 spiro atoms. The van der Waals surface area contributed by atoms with Gasteiger partial charge in [-0.05, 0) is 33.1 Å². The van der Waals surface area contributed by atoms with Gasteiger partial charge in [0, 0.05) is 13.0 Å². The summed E-state index contributed by atoms with van der Waals surface area (Å²) in [5.41, 5.74) is -0.635. The molecule has 21 heavy (non-hydrogen) atoms. The first-order chi connectivity index (χ1) is 9.53. The van der Waals surface area contributed by atoms with E-state index in [1.807, 2.05) is 0 Å². The molecule has 0 heterocycles. The predicted octanol–water partition coefficient (Wildman–Crippen LogP) is 1.52. The van der Waals surface area contributed by atoms with Crippen LogP contribution >= 0.6 is 0 Å². The van der Waals surface area contributed by atoms with Gasteiger partial charge in [0.15, 0.2) is 0 Å². The SMILES string of the molecule is CC(C)[C@H](NC(=O)OC(C)(C)C)C(=O)NCCCC(=O)O. The highest BCUT2D eigenvalue weighted by Gasteiger charge is 2.26. The number of carbonyl (C=O) groups is 3. The quantitative estimate of drug-likeness (QED) is 0.618.